The van der Waals surface area contributed by atoms with Gasteiger partial charge in [0.25, 0.3) is 0 Å². The van der Waals surface area contributed by atoms with Crippen LogP contribution in [0.3, 0.4) is 0 Å². The summed E-state index contributed by atoms with van der Waals surface area (Å²) in [6, 6.07) is 5.23. The van der Waals surface area contributed by atoms with Gasteiger partial charge in [0, 0.05) is 36.6 Å². The molecule has 4 rings (SSSR count). The van der Waals surface area contributed by atoms with Gasteiger partial charge in [0.2, 0.25) is 5.95 Å². The molecule has 3 aromatic rings. The van der Waals surface area contributed by atoms with Crippen LogP contribution in [0, 0.1) is 0 Å². The van der Waals surface area contributed by atoms with Crippen LogP contribution in [0.5, 0.6) is 0 Å². The molecule has 1 aliphatic rings. The first kappa shape index (κ1) is 24.5. The number of amides is 1. The van der Waals surface area contributed by atoms with E-state index in [0.717, 1.165) is 0 Å². The molecule has 10 heteroatoms. The molecule has 1 amide bonds. The number of piperidine rings is 1. The van der Waals surface area contributed by atoms with Crippen molar-refractivity contribution in [1.29, 1.82) is 0 Å². The lowest BCUT2D eigenvalue weighted by Gasteiger charge is -2.40. The second kappa shape index (κ2) is 9.23. The number of nitrogens with zero attached hydrogens (tertiary/aromatic N) is 4. The Kier molecular flexibility index (Phi) is 6.66. The van der Waals surface area contributed by atoms with Gasteiger partial charge in [-0.3, -0.25) is 4.40 Å². The number of fused-ring (bicyclic) bond motifs is 1. The summed E-state index contributed by atoms with van der Waals surface area (Å²) in [7, 11) is 0. The molecule has 3 heterocycles. The summed E-state index contributed by atoms with van der Waals surface area (Å²) in [5.74, 6) is 0.598. The zero-order chi connectivity index (χ0) is 24.7. The van der Waals surface area contributed by atoms with Gasteiger partial charge in [-0.15, -0.1) is 0 Å². The Morgan fingerprint density at radius 3 is 2.62 bits per heavy atom. The van der Waals surface area contributed by atoms with E-state index in [-0.39, 0.29) is 5.69 Å². The highest BCUT2D eigenvalue weighted by Crippen LogP contribution is 2.38. The highest BCUT2D eigenvalue weighted by Gasteiger charge is 2.34. The lowest BCUT2D eigenvalue weighted by molar-refractivity contribution is 0.0448. The molecule has 7 nitrogen and oxygen atoms in total. The largest absolute Gasteiger partial charge is 0.444 e. The van der Waals surface area contributed by atoms with E-state index in [1.807, 2.05) is 32.1 Å². The van der Waals surface area contributed by atoms with E-state index in [1.165, 1.54) is 0 Å². The molecule has 0 saturated carbocycles. The van der Waals surface area contributed by atoms with E-state index in [2.05, 4.69) is 20.2 Å². The quantitative estimate of drug-likeness (QED) is 0.464. The molecular weight excluding hydrogens is 480 g/mol. The predicted molar refractivity (Wildman–Crippen MR) is 132 cm³/mol. The Bertz CT molecular complexity index is 1220. The number of aromatic nitrogens is 3. The minimum atomic E-state index is -0.777. The maximum Gasteiger partial charge on any atom is 0.408 e. The number of halogens is 3. The molecule has 0 radical (unpaired) electrons. The smallest absolute Gasteiger partial charge is 0.408 e. The van der Waals surface area contributed by atoms with Crippen molar-refractivity contribution in [2.24, 2.45) is 0 Å². The van der Waals surface area contributed by atoms with E-state index in [9.17, 15) is 9.18 Å². The number of carbonyl (C=O) groups is 1. The first-order valence-corrected chi connectivity index (χ1v) is 11.9. The number of ether oxygens (including phenoxy) is 1. The third-order valence-corrected chi connectivity index (χ3v) is 6.72. The Balaban J connectivity index is 1.63. The highest BCUT2D eigenvalue weighted by molar-refractivity contribution is 6.43. The minimum Gasteiger partial charge on any atom is -0.444 e. The van der Waals surface area contributed by atoms with Crippen molar-refractivity contribution in [2.45, 2.75) is 58.4 Å². The van der Waals surface area contributed by atoms with E-state index >= 15 is 0 Å². The summed E-state index contributed by atoms with van der Waals surface area (Å²) >= 11 is 12.7. The van der Waals surface area contributed by atoms with Crippen molar-refractivity contribution in [2.75, 3.05) is 18.0 Å². The van der Waals surface area contributed by atoms with E-state index in [1.54, 1.807) is 30.6 Å². The number of carbonyl (C=O) groups excluding carboxylic acids is 1. The summed E-state index contributed by atoms with van der Waals surface area (Å²) in [5, 5.41) is 3.72. The summed E-state index contributed by atoms with van der Waals surface area (Å²) in [5.41, 5.74) is 0.945. The Labute approximate surface area is 208 Å². The lowest BCUT2D eigenvalue weighted by Crippen LogP contribution is -2.54. The fourth-order valence-electron chi connectivity index (χ4n) is 4.18. The van der Waals surface area contributed by atoms with E-state index in [0.29, 0.717) is 58.7 Å². The average Bonchev–Trinajstić information content (AvgIpc) is 3.23. The fraction of sp³-hybridized carbons (Fsp3) is 0.458. The fourth-order valence-corrected chi connectivity index (χ4v) is 4.57. The van der Waals surface area contributed by atoms with Gasteiger partial charge in [-0.2, -0.15) is 0 Å². The molecule has 1 aliphatic heterocycles. The third kappa shape index (κ3) is 4.93. The average molecular weight is 508 g/mol. The Morgan fingerprint density at radius 2 is 1.97 bits per heavy atom. The molecule has 1 saturated heterocycles. The topological polar surface area (TPSA) is 71.8 Å². The van der Waals surface area contributed by atoms with Gasteiger partial charge in [0.05, 0.1) is 21.3 Å². The van der Waals surface area contributed by atoms with Crippen LogP contribution in [0.1, 0.15) is 46.2 Å². The maximum absolute atomic E-state index is 14.2. The Hall–Kier alpha value is -2.58. The van der Waals surface area contributed by atoms with Gasteiger partial charge in [0.1, 0.15) is 17.9 Å². The van der Waals surface area contributed by atoms with Crippen LogP contribution < -0.4 is 10.2 Å². The van der Waals surface area contributed by atoms with Gasteiger partial charge in [0.15, 0.2) is 0 Å². The van der Waals surface area contributed by atoms with Crippen molar-refractivity contribution in [3.63, 3.8) is 0 Å². The summed E-state index contributed by atoms with van der Waals surface area (Å²) in [6.45, 7) is 7.98. The number of anilines is 1. The molecule has 0 aliphatic carbocycles. The molecule has 1 aromatic carbocycles. The number of hydrogen-bond acceptors (Lipinski definition) is 5. The summed E-state index contributed by atoms with van der Waals surface area (Å²) in [6.07, 6.45) is 4.38. The van der Waals surface area contributed by atoms with Crippen molar-refractivity contribution in [3.8, 4) is 11.1 Å². The molecular formula is C24H28Cl2FN5O2. The van der Waals surface area contributed by atoms with Gasteiger partial charge in [-0.1, -0.05) is 35.3 Å². The highest BCUT2D eigenvalue weighted by atomic mass is 35.5. The zero-order valence-corrected chi connectivity index (χ0v) is 21.2. The van der Waals surface area contributed by atoms with Crippen LogP contribution in [-0.4, -0.2) is 44.7 Å². The monoisotopic (exact) mass is 507 g/mol. The molecule has 0 bridgehead atoms. The number of rotatable bonds is 4. The van der Waals surface area contributed by atoms with E-state index < -0.39 is 23.9 Å². The second-order valence-electron chi connectivity index (χ2n) is 9.76. The number of alkyl halides is 1. The van der Waals surface area contributed by atoms with Gasteiger partial charge < -0.3 is 15.0 Å². The van der Waals surface area contributed by atoms with Crippen LogP contribution in [0.2, 0.25) is 10.0 Å². The number of benzene rings is 1. The van der Waals surface area contributed by atoms with Crippen LogP contribution in [0.25, 0.3) is 16.8 Å². The number of imidazole rings is 1. The van der Waals surface area contributed by atoms with Crippen LogP contribution in [0.15, 0.2) is 30.6 Å². The summed E-state index contributed by atoms with van der Waals surface area (Å²) < 4.78 is 21.5. The first-order chi connectivity index (χ1) is 16.0. The summed E-state index contributed by atoms with van der Waals surface area (Å²) in [4.78, 5) is 23.5. The van der Waals surface area contributed by atoms with E-state index in [4.69, 9.17) is 27.9 Å². The third-order valence-electron chi connectivity index (χ3n) is 5.90. The molecule has 1 fully saturated rings. The van der Waals surface area contributed by atoms with Crippen molar-refractivity contribution in [1.82, 2.24) is 19.7 Å². The first-order valence-electron chi connectivity index (χ1n) is 11.1. The van der Waals surface area contributed by atoms with Crippen LogP contribution >= 0.6 is 23.2 Å². The molecule has 182 valence electrons. The molecule has 0 atom stereocenters. The SMILES string of the molecule is CC1(NC(=O)OC(C)(C)C)CCN(c2nc(CF)c(-c3cccc(Cl)c3Cl)c3nccn23)CC1. The number of hydrogen-bond donors (Lipinski definition) is 1. The zero-order valence-electron chi connectivity index (χ0n) is 19.7. The van der Waals surface area contributed by atoms with Gasteiger partial charge in [-0.25, -0.2) is 19.2 Å². The second-order valence-corrected chi connectivity index (χ2v) is 10.5. The normalized spacial score (nSPS) is 16.0. The lowest BCUT2D eigenvalue weighted by atomic mass is 9.90. The molecule has 0 spiro atoms. The van der Waals surface area contributed by atoms with Crippen molar-refractivity contribution in [3.05, 3.63) is 46.3 Å². The van der Waals surface area contributed by atoms with Crippen molar-refractivity contribution < 1.29 is 13.9 Å². The van der Waals surface area contributed by atoms with Gasteiger partial charge >= 0.3 is 6.09 Å². The van der Waals surface area contributed by atoms with Crippen molar-refractivity contribution >= 4 is 40.9 Å². The maximum atomic E-state index is 14.2. The standard InChI is InChI=1S/C24H28Cl2FN5O2/c1-23(2,3)34-22(33)30-24(4)8-11-31(12-9-24)21-29-17(14-27)18(20-28-10-13-32(20)21)15-6-5-7-16(25)19(15)26/h5-7,10,13H,8-9,11-12,14H2,1-4H3,(H,30,33). The molecule has 34 heavy (non-hydrogen) atoms. The molecule has 1 N–H and O–H groups in total. The minimum absolute atomic E-state index is 0.248. The predicted octanol–water partition coefficient (Wildman–Crippen LogP) is 6.06. The molecule has 2 aromatic heterocycles. The van der Waals surface area contributed by atoms with Gasteiger partial charge in [-0.05, 0) is 46.6 Å². The number of alkyl carbamates (subject to hydrolysis) is 1. The number of nitrogens with one attached hydrogen (secondary N) is 1. The van der Waals surface area contributed by atoms with Crippen LogP contribution in [-0.2, 0) is 11.4 Å². The molecule has 0 unspecified atom stereocenters. The Morgan fingerprint density at radius 1 is 1.26 bits per heavy atom. The van der Waals surface area contributed by atoms with Crippen LogP contribution in [0.4, 0.5) is 15.1 Å².